The van der Waals surface area contributed by atoms with E-state index in [1.807, 2.05) is 24.8 Å². The lowest BCUT2D eigenvalue weighted by molar-refractivity contribution is 1.09. The van der Waals surface area contributed by atoms with Gasteiger partial charge in [-0.3, -0.25) is 15.0 Å². The second-order valence-electron chi connectivity index (χ2n) is 4.17. The molecule has 3 heteroatoms. The van der Waals surface area contributed by atoms with Crippen molar-refractivity contribution < 1.29 is 0 Å². The number of rotatable bonds is 2. The first-order valence-corrected chi connectivity index (χ1v) is 5.80. The zero-order valence-corrected chi connectivity index (χ0v) is 9.72. The molecule has 0 aromatic carbocycles. The number of pyridine rings is 2. The van der Waals surface area contributed by atoms with Gasteiger partial charge < -0.3 is 0 Å². The third-order valence-electron chi connectivity index (χ3n) is 3.02. The fourth-order valence-electron chi connectivity index (χ4n) is 1.98. The van der Waals surface area contributed by atoms with Crippen molar-refractivity contribution in [3.8, 4) is 11.3 Å². The number of aromatic nitrogens is 2. The van der Waals surface area contributed by atoms with E-state index in [1.165, 1.54) is 11.1 Å². The van der Waals surface area contributed by atoms with Crippen LogP contribution in [0.25, 0.3) is 11.3 Å². The standard InChI is InChI=1S/C14H13N3/c1-2-10-3-12(7-15-5-10)14-4-11-6-16-8-13(11)9-17-14/h3-5,7-9H,2,6H2,1H3. The first-order chi connectivity index (χ1) is 8.36. The molecule has 0 N–H and O–H groups in total. The minimum Gasteiger partial charge on any atom is -0.288 e. The van der Waals surface area contributed by atoms with E-state index in [0.29, 0.717) is 0 Å². The Morgan fingerprint density at radius 1 is 1.18 bits per heavy atom. The molecule has 17 heavy (non-hydrogen) atoms. The molecule has 0 bridgehead atoms. The number of fused-ring (bicyclic) bond motifs is 1. The third kappa shape index (κ3) is 1.84. The highest BCUT2D eigenvalue weighted by Crippen LogP contribution is 2.22. The molecule has 0 atom stereocenters. The van der Waals surface area contributed by atoms with Gasteiger partial charge in [-0.15, -0.1) is 0 Å². The van der Waals surface area contributed by atoms with E-state index in [4.69, 9.17) is 0 Å². The highest BCUT2D eigenvalue weighted by Gasteiger charge is 2.09. The molecule has 1 aliphatic rings. The quantitative estimate of drug-likeness (QED) is 0.785. The van der Waals surface area contributed by atoms with Gasteiger partial charge in [-0.1, -0.05) is 6.92 Å². The Kier molecular flexibility index (Phi) is 2.44. The fourth-order valence-corrected chi connectivity index (χ4v) is 1.98. The van der Waals surface area contributed by atoms with E-state index < -0.39 is 0 Å². The summed E-state index contributed by atoms with van der Waals surface area (Å²) in [5, 5.41) is 0. The molecule has 0 saturated heterocycles. The maximum Gasteiger partial charge on any atom is 0.0721 e. The molecule has 0 fully saturated rings. The van der Waals surface area contributed by atoms with Gasteiger partial charge in [0.15, 0.2) is 0 Å². The largest absolute Gasteiger partial charge is 0.288 e. The zero-order chi connectivity index (χ0) is 11.7. The normalized spacial score (nSPS) is 12.8. The number of aliphatic imine (C=N–C) groups is 1. The lowest BCUT2D eigenvalue weighted by Crippen LogP contribution is -1.92. The Morgan fingerprint density at radius 2 is 2.12 bits per heavy atom. The number of hydrogen-bond acceptors (Lipinski definition) is 3. The van der Waals surface area contributed by atoms with Crippen molar-refractivity contribution >= 4 is 6.21 Å². The summed E-state index contributed by atoms with van der Waals surface area (Å²) >= 11 is 0. The van der Waals surface area contributed by atoms with Crippen LogP contribution < -0.4 is 0 Å². The van der Waals surface area contributed by atoms with E-state index in [2.05, 4.69) is 34.0 Å². The zero-order valence-electron chi connectivity index (χ0n) is 9.72. The van der Waals surface area contributed by atoms with Crippen LogP contribution in [0.4, 0.5) is 0 Å². The molecule has 0 saturated carbocycles. The van der Waals surface area contributed by atoms with E-state index in [-0.39, 0.29) is 0 Å². The van der Waals surface area contributed by atoms with Gasteiger partial charge in [-0.05, 0) is 29.7 Å². The summed E-state index contributed by atoms with van der Waals surface area (Å²) in [4.78, 5) is 13.0. The summed E-state index contributed by atoms with van der Waals surface area (Å²) in [7, 11) is 0. The van der Waals surface area contributed by atoms with Gasteiger partial charge in [0.05, 0.1) is 12.2 Å². The molecular formula is C14H13N3. The van der Waals surface area contributed by atoms with Crippen LogP contribution in [-0.2, 0) is 13.0 Å². The van der Waals surface area contributed by atoms with Crippen LogP contribution in [0, 0.1) is 0 Å². The summed E-state index contributed by atoms with van der Waals surface area (Å²) in [6.07, 6.45) is 8.53. The van der Waals surface area contributed by atoms with Crippen molar-refractivity contribution in [3.63, 3.8) is 0 Å². The van der Waals surface area contributed by atoms with Crippen molar-refractivity contribution in [2.24, 2.45) is 4.99 Å². The third-order valence-corrected chi connectivity index (χ3v) is 3.02. The lowest BCUT2D eigenvalue weighted by Gasteiger charge is -2.04. The summed E-state index contributed by atoms with van der Waals surface area (Å²) in [6.45, 7) is 2.90. The maximum absolute atomic E-state index is 4.46. The summed E-state index contributed by atoms with van der Waals surface area (Å²) in [5.41, 5.74) is 5.68. The van der Waals surface area contributed by atoms with Gasteiger partial charge in [-0.25, -0.2) is 0 Å². The Labute approximate surface area is 100 Å². The minimum atomic E-state index is 0.770. The van der Waals surface area contributed by atoms with E-state index in [1.54, 1.807) is 0 Å². The van der Waals surface area contributed by atoms with Gasteiger partial charge in [0, 0.05) is 35.9 Å². The smallest absolute Gasteiger partial charge is 0.0721 e. The Balaban J connectivity index is 2.04. The molecule has 3 heterocycles. The Morgan fingerprint density at radius 3 is 3.00 bits per heavy atom. The van der Waals surface area contributed by atoms with Crippen LogP contribution in [0.5, 0.6) is 0 Å². The molecule has 2 aromatic rings. The van der Waals surface area contributed by atoms with Crippen LogP contribution in [0.2, 0.25) is 0 Å². The predicted octanol–water partition coefficient (Wildman–Crippen LogP) is 2.64. The first kappa shape index (κ1) is 10.1. The molecule has 1 aliphatic heterocycles. The first-order valence-electron chi connectivity index (χ1n) is 5.80. The Hall–Kier alpha value is -2.03. The van der Waals surface area contributed by atoms with Crippen LogP contribution in [-0.4, -0.2) is 16.2 Å². The van der Waals surface area contributed by atoms with Crippen molar-refractivity contribution in [2.45, 2.75) is 19.9 Å². The molecule has 84 valence electrons. The topological polar surface area (TPSA) is 38.1 Å². The molecule has 0 aliphatic carbocycles. The van der Waals surface area contributed by atoms with Gasteiger partial charge in [0.2, 0.25) is 0 Å². The van der Waals surface area contributed by atoms with Gasteiger partial charge in [0.1, 0.15) is 0 Å². The molecule has 2 aromatic heterocycles. The maximum atomic E-state index is 4.46. The van der Waals surface area contributed by atoms with Crippen molar-refractivity contribution in [1.82, 2.24) is 9.97 Å². The summed E-state index contributed by atoms with van der Waals surface area (Å²) in [5.74, 6) is 0. The van der Waals surface area contributed by atoms with Gasteiger partial charge in [0.25, 0.3) is 0 Å². The van der Waals surface area contributed by atoms with Gasteiger partial charge in [-0.2, -0.15) is 0 Å². The van der Waals surface area contributed by atoms with E-state index >= 15 is 0 Å². The van der Waals surface area contributed by atoms with E-state index in [0.717, 1.165) is 29.8 Å². The second-order valence-corrected chi connectivity index (χ2v) is 4.17. The van der Waals surface area contributed by atoms with Crippen LogP contribution in [0.1, 0.15) is 23.6 Å². The van der Waals surface area contributed by atoms with Crippen LogP contribution in [0.3, 0.4) is 0 Å². The van der Waals surface area contributed by atoms with Gasteiger partial charge >= 0.3 is 0 Å². The van der Waals surface area contributed by atoms with Crippen LogP contribution in [0.15, 0.2) is 35.7 Å². The highest BCUT2D eigenvalue weighted by molar-refractivity contribution is 5.84. The molecule has 0 unspecified atom stereocenters. The molecule has 0 amide bonds. The monoisotopic (exact) mass is 223 g/mol. The molecule has 0 radical (unpaired) electrons. The number of aryl methyl sites for hydroxylation is 1. The SMILES string of the molecule is CCc1cncc(-c2cc3c(cn2)C=NC3)c1. The van der Waals surface area contributed by atoms with Crippen molar-refractivity contribution in [2.75, 3.05) is 0 Å². The summed E-state index contributed by atoms with van der Waals surface area (Å²) < 4.78 is 0. The van der Waals surface area contributed by atoms with E-state index in [9.17, 15) is 0 Å². The van der Waals surface area contributed by atoms with Crippen LogP contribution >= 0.6 is 0 Å². The Bertz CT molecular complexity index is 588. The lowest BCUT2D eigenvalue weighted by atomic mass is 10.1. The van der Waals surface area contributed by atoms with Crippen molar-refractivity contribution in [3.05, 3.63) is 47.4 Å². The average Bonchev–Trinajstić information content (AvgIpc) is 2.86. The highest BCUT2D eigenvalue weighted by atomic mass is 14.8. The summed E-state index contributed by atoms with van der Waals surface area (Å²) in [6, 6.07) is 4.26. The molecule has 3 rings (SSSR count). The number of hydrogen-bond donors (Lipinski definition) is 0. The number of nitrogens with zero attached hydrogens (tertiary/aromatic N) is 3. The predicted molar refractivity (Wildman–Crippen MR) is 68.1 cm³/mol. The molecule has 0 spiro atoms. The second kappa shape index (κ2) is 4.09. The fraction of sp³-hybridized carbons (Fsp3) is 0.214. The van der Waals surface area contributed by atoms with Crippen molar-refractivity contribution in [1.29, 1.82) is 0 Å². The average molecular weight is 223 g/mol. The molecular weight excluding hydrogens is 210 g/mol. The molecule has 3 nitrogen and oxygen atoms in total. The minimum absolute atomic E-state index is 0.770.